The molecular weight excluding hydrogens is 246 g/mol. The second-order valence-corrected chi connectivity index (χ2v) is 3.61. The van der Waals surface area contributed by atoms with Crippen LogP contribution in [0.25, 0.3) is 5.57 Å². The lowest BCUT2D eigenvalue weighted by Gasteiger charge is -2.06. The van der Waals surface area contributed by atoms with Crippen molar-refractivity contribution in [2.75, 3.05) is 0 Å². The molecule has 96 valence electrons. The number of carbonyl (C=O) groups excluding carboxylic acids is 1. The second kappa shape index (κ2) is 6.17. The Kier molecular flexibility index (Phi) is 4.61. The maximum absolute atomic E-state index is 11.1. The molecule has 0 fully saturated rings. The van der Waals surface area contributed by atoms with Crippen LogP contribution in [0.3, 0.4) is 0 Å². The van der Waals surface area contributed by atoms with Crippen LogP contribution in [-0.2, 0) is 14.3 Å². The van der Waals surface area contributed by atoms with Gasteiger partial charge < -0.3 is 9.84 Å². The van der Waals surface area contributed by atoms with Crippen LogP contribution in [-0.4, -0.2) is 17.0 Å². The van der Waals surface area contributed by atoms with Crippen LogP contribution >= 0.6 is 0 Å². The number of hydrogen-bond acceptors (Lipinski definition) is 4. The zero-order chi connectivity index (χ0) is 14.4. The highest BCUT2D eigenvalue weighted by Gasteiger charge is 2.20. The quantitative estimate of drug-likeness (QED) is 0.386. The largest absolute Gasteiger partial charge is 0.475 e. The molecule has 5 heteroatoms. The summed E-state index contributed by atoms with van der Waals surface area (Å²) < 4.78 is 4.60. The molecule has 0 saturated carbocycles. The lowest BCUT2D eigenvalue weighted by Crippen LogP contribution is -2.11. The number of nitrogens with zero attached hydrogens (tertiary/aromatic N) is 1. The molecule has 0 unspecified atom stereocenters. The maximum atomic E-state index is 11.1. The number of allylic oxidation sites excluding steroid dienone is 1. The molecule has 0 bridgehead atoms. The molecule has 19 heavy (non-hydrogen) atoms. The maximum Gasteiger partial charge on any atom is 0.373 e. The first-order valence-corrected chi connectivity index (χ1v) is 5.28. The van der Waals surface area contributed by atoms with E-state index in [1.54, 1.807) is 30.3 Å². The van der Waals surface area contributed by atoms with Gasteiger partial charge in [-0.2, -0.15) is 5.26 Å². The van der Waals surface area contributed by atoms with E-state index in [4.69, 9.17) is 10.4 Å². The van der Waals surface area contributed by atoms with Crippen LogP contribution in [0.4, 0.5) is 0 Å². The fourth-order valence-electron chi connectivity index (χ4n) is 1.31. The minimum atomic E-state index is -1.49. The number of ether oxygens (including phenoxy) is 1. The van der Waals surface area contributed by atoms with Crippen molar-refractivity contribution in [3.05, 3.63) is 53.8 Å². The zero-order valence-corrected chi connectivity index (χ0v) is 10.2. The highest BCUT2D eigenvalue weighted by atomic mass is 16.6. The average molecular weight is 257 g/mol. The summed E-state index contributed by atoms with van der Waals surface area (Å²) in [4.78, 5) is 22.2. The molecule has 0 aromatic heterocycles. The average Bonchev–Trinajstić information content (AvgIpc) is 2.39. The number of nitriles is 1. The third kappa shape index (κ3) is 3.54. The Balaban J connectivity index is 3.34. The summed E-state index contributed by atoms with van der Waals surface area (Å²) in [5, 5.41) is 18.1. The van der Waals surface area contributed by atoms with Gasteiger partial charge in [0.2, 0.25) is 5.76 Å². The number of carboxylic acid groups (broad SMARTS) is 1. The molecule has 1 aromatic rings. The molecule has 0 aliphatic carbocycles. The summed E-state index contributed by atoms with van der Waals surface area (Å²) in [6, 6.07) is 8.35. The van der Waals surface area contributed by atoms with Crippen LogP contribution in [0.1, 0.15) is 11.1 Å². The molecule has 0 amide bonds. The molecule has 5 nitrogen and oxygen atoms in total. The first-order valence-electron chi connectivity index (χ1n) is 5.28. The van der Waals surface area contributed by atoms with Gasteiger partial charge in [-0.1, -0.05) is 36.4 Å². The Morgan fingerprint density at radius 1 is 1.37 bits per heavy atom. The van der Waals surface area contributed by atoms with Gasteiger partial charge in [0.15, 0.2) is 0 Å². The van der Waals surface area contributed by atoms with E-state index in [-0.39, 0.29) is 5.57 Å². The number of benzene rings is 1. The summed E-state index contributed by atoms with van der Waals surface area (Å²) in [6.45, 7) is 5.03. The van der Waals surface area contributed by atoms with Crippen LogP contribution in [0.2, 0.25) is 0 Å². The van der Waals surface area contributed by atoms with Crippen LogP contribution in [0.5, 0.6) is 0 Å². The smallest absolute Gasteiger partial charge is 0.373 e. The summed E-state index contributed by atoms with van der Waals surface area (Å²) in [5.74, 6) is -3.14. The molecule has 0 aliphatic heterocycles. The minimum absolute atomic E-state index is 0.220. The summed E-state index contributed by atoms with van der Waals surface area (Å²) in [7, 11) is 0. The monoisotopic (exact) mass is 257 g/mol. The Bertz CT molecular complexity index is 591. The van der Waals surface area contributed by atoms with Gasteiger partial charge in [0.1, 0.15) is 11.6 Å². The van der Waals surface area contributed by atoms with Gasteiger partial charge >= 0.3 is 11.9 Å². The van der Waals surface area contributed by atoms with Crippen molar-refractivity contribution in [3.8, 4) is 6.07 Å². The van der Waals surface area contributed by atoms with Gasteiger partial charge in [0.25, 0.3) is 0 Å². The summed E-state index contributed by atoms with van der Waals surface area (Å²) in [5.41, 5.74) is 1.10. The zero-order valence-electron chi connectivity index (χ0n) is 10.2. The van der Waals surface area contributed by atoms with E-state index >= 15 is 0 Å². The van der Waals surface area contributed by atoms with Crippen molar-refractivity contribution in [2.45, 2.75) is 6.92 Å². The molecule has 0 radical (unpaired) electrons. The van der Waals surface area contributed by atoms with Crippen molar-refractivity contribution in [3.63, 3.8) is 0 Å². The molecule has 1 rings (SSSR count). The fraction of sp³-hybridized carbons (Fsp3) is 0.0714. The van der Waals surface area contributed by atoms with E-state index in [0.29, 0.717) is 5.56 Å². The van der Waals surface area contributed by atoms with Crippen LogP contribution in [0, 0.1) is 18.3 Å². The Labute approximate surface area is 110 Å². The number of rotatable bonds is 4. The van der Waals surface area contributed by atoms with E-state index in [2.05, 4.69) is 11.3 Å². The van der Waals surface area contributed by atoms with Gasteiger partial charge in [0.05, 0.1) is 0 Å². The molecule has 1 aromatic carbocycles. The van der Waals surface area contributed by atoms with E-state index in [1.807, 2.05) is 6.92 Å². The van der Waals surface area contributed by atoms with Gasteiger partial charge in [-0.05, 0) is 12.5 Å². The first-order chi connectivity index (χ1) is 8.99. The number of esters is 1. The third-order valence-corrected chi connectivity index (χ3v) is 2.24. The highest BCUT2D eigenvalue weighted by molar-refractivity contribution is 6.01. The minimum Gasteiger partial charge on any atom is -0.475 e. The van der Waals surface area contributed by atoms with E-state index < -0.39 is 17.7 Å². The summed E-state index contributed by atoms with van der Waals surface area (Å²) >= 11 is 0. The standard InChI is InChI=1S/C14H11NO4/c1-3-12(16)19-13(14(17)18)11(8-15)10-6-4-9(2)5-7-10/h3-7H,1H2,2H3,(H,17,18). The number of aliphatic carboxylic acids is 1. The molecule has 1 N–H and O–H groups in total. The van der Waals surface area contributed by atoms with Gasteiger partial charge in [-0.3, -0.25) is 0 Å². The lowest BCUT2D eigenvalue weighted by molar-refractivity contribution is -0.144. The lowest BCUT2D eigenvalue weighted by atomic mass is 10.0. The Morgan fingerprint density at radius 2 is 1.95 bits per heavy atom. The van der Waals surface area contributed by atoms with Crippen molar-refractivity contribution < 1.29 is 19.4 Å². The van der Waals surface area contributed by atoms with Crippen molar-refractivity contribution >= 4 is 17.5 Å². The van der Waals surface area contributed by atoms with Crippen molar-refractivity contribution in [1.29, 1.82) is 5.26 Å². The third-order valence-electron chi connectivity index (χ3n) is 2.24. The van der Waals surface area contributed by atoms with Crippen LogP contribution < -0.4 is 0 Å². The topological polar surface area (TPSA) is 87.4 Å². The number of carbonyl (C=O) groups is 2. The van der Waals surface area contributed by atoms with Crippen molar-refractivity contribution in [1.82, 2.24) is 0 Å². The normalized spacial score (nSPS) is 10.9. The first kappa shape index (κ1) is 14.2. The number of carboxylic acids is 1. The van der Waals surface area contributed by atoms with Crippen LogP contribution in [0.15, 0.2) is 42.7 Å². The fourth-order valence-corrected chi connectivity index (χ4v) is 1.31. The van der Waals surface area contributed by atoms with E-state index in [1.165, 1.54) is 0 Å². The molecule has 0 heterocycles. The van der Waals surface area contributed by atoms with E-state index in [9.17, 15) is 9.59 Å². The second-order valence-electron chi connectivity index (χ2n) is 3.61. The van der Waals surface area contributed by atoms with Gasteiger partial charge in [-0.15, -0.1) is 0 Å². The highest BCUT2D eigenvalue weighted by Crippen LogP contribution is 2.20. The summed E-state index contributed by atoms with van der Waals surface area (Å²) in [6.07, 6.45) is 0.826. The predicted octanol–water partition coefficient (Wildman–Crippen LogP) is 2.04. The SMILES string of the molecule is C=CC(=O)OC(C(=O)O)=C(C#N)c1ccc(C)cc1. The Hall–Kier alpha value is -2.87. The van der Waals surface area contributed by atoms with E-state index in [0.717, 1.165) is 11.6 Å². The number of hydrogen-bond donors (Lipinski definition) is 1. The van der Waals surface area contributed by atoms with Gasteiger partial charge in [-0.25, -0.2) is 9.59 Å². The van der Waals surface area contributed by atoms with Gasteiger partial charge in [0, 0.05) is 6.08 Å². The molecule has 0 atom stereocenters. The predicted molar refractivity (Wildman–Crippen MR) is 67.6 cm³/mol. The Morgan fingerprint density at radius 3 is 2.37 bits per heavy atom. The molecule has 0 aliphatic rings. The molecule has 0 saturated heterocycles. The molecule has 0 spiro atoms. The molecular formula is C14H11NO4. The van der Waals surface area contributed by atoms with Crippen molar-refractivity contribution in [2.24, 2.45) is 0 Å². The number of aryl methyl sites for hydroxylation is 1.